The van der Waals surface area contributed by atoms with Crippen LogP contribution in [0.3, 0.4) is 0 Å². The zero-order valence-corrected chi connectivity index (χ0v) is 17.4. The predicted molar refractivity (Wildman–Crippen MR) is 119 cm³/mol. The fourth-order valence-corrected chi connectivity index (χ4v) is 4.52. The van der Waals surface area contributed by atoms with E-state index in [0.29, 0.717) is 31.4 Å². The molecule has 0 saturated heterocycles. The molecule has 0 aliphatic rings. The summed E-state index contributed by atoms with van der Waals surface area (Å²) in [5.74, 6) is -0.681. The van der Waals surface area contributed by atoms with Gasteiger partial charge in [0.25, 0.3) is 5.91 Å². The number of fused-ring (bicyclic) bond motifs is 1. The standard InChI is InChI=1S/C21H17FN4O2S2/c1-30(24,28)15-9-19-18(25-11-15)10-20(29-19)21(27)26-17-8-13(4-7-16(17)23)12-2-5-14(22)6-3-12/h2-11,24H,23H2,1H3,(H,26,27). The van der Waals surface area contributed by atoms with Gasteiger partial charge in [0.15, 0.2) is 0 Å². The number of nitrogens with two attached hydrogens (primary N) is 1. The number of nitrogens with zero attached hydrogens (tertiary/aromatic N) is 1. The maximum atomic E-state index is 13.2. The average molecular weight is 441 g/mol. The number of amides is 1. The number of hydrogen-bond donors (Lipinski definition) is 3. The van der Waals surface area contributed by atoms with E-state index in [0.717, 1.165) is 11.1 Å². The average Bonchev–Trinajstić information content (AvgIpc) is 3.13. The van der Waals surface area contributed by atoms with Crippen LogP contribution in [-0.4, -0.2) is 21.4 Å². The summed E-state index contributed by atoms with van der Waals surface area (Å²) in [7, 11) is -2.89. The molecule has 0 aliphatic carbocycles. The van der Waals surface area contributed by atoms with Crippen LogP contribution in [0, 0.1) is 10.6 Å². The van der Waals surface area contributed by atoms with E-state index >= 15 is 0 Å². The van der Waals surface area contributed by atoms with Gasteiger partial charge in [0.2, 0.25) is 0 Å². The predicted octanol–water partition coefficient (Wildman–Crippen LogP) is 4.97. The molecule has 152 valence electrons. The van der Waals surface area contributed by atoms with Gasteiger partial charge in [-0.05, 0) is 47.5 Å². The summed E-state index contributed by atoms with van der Waals surface area (Å²) in [5, 5.41) is 2.80. The Hall–Kier alpha value is -3.30. The number of nitrogens with one attached hydrogen (secondary N) is 2. The maximum Gasteiger partial charge on any atom is 0.265 e. The molecular formula is C21H17FN4O2S2. The Kier molecular flexibility index (Phi) is 5.00. The molecule has 2 heterocycles. The first kappa shape index (κ1) is 20.0. The summed E-state index contributed by atoms with van der Waals surface area (Å²) in [4.78, 5) is 17.7. The third kappa shape index (κ3) is 4.03. The van der Waals surface area contributed by atoms with Crippen molar-refractivity contribution in [2.75, 3.05) is 17.3 Å². The van der Waals surface area contributed by atoms with Crippen LogP contribution in [0.15, 0.2) is 65.7 Å². The summed E-state index contributed by atoms with van der Waals surface area (Å²) in [5.41, 5.74) is 9.03. The van der Waals surface area contributed by atoms with Gasteiger partial charge in [-0.2, -0.15) is 0 Å². The van der Waals surface area contributed by atoms with Crippen molar-refractivity contribution in [2.24, 2.45) is 0 Å². The number of benzene rings is 2. The van der Waals surface area contributed by atoms with Gasteiger partial charge in [-0.3, -0.25) is 9.78 Å². The molecule has 0 radical (unpaired) electrons. The maximum absolute atomic E-state index is 13.2. The summed E-state index contributed by atoms with van der Waals surface area (Å²) >= 11 is 1.20. The molecule has 0 saturated carbocycles. The van der Waals surface area contributed by atoms with E-state index < -0.39 is 9.73 Å². The van der Waals surface area contributed by atoms with Crippen LogP contribution >= 0.6 is 11.3 Å². The van der Waals surface area contributed by atoms with Crippen molar-refractivity contribution in [3.8, 4) is 11.1 Å². The van der Waals surface area contributed by atoms with Gasteiger partial charge in [-0.25, -0.2) is 13.4 Å². The van der Waals surface area contributed by atoms with Crippen molar-refractivity contribution >= 4 is 48.6 Å². The summed E-state index contributed by atoms with van der Waals surface area (Å²) in [6.45, 7) is 0. The van der Waals surface area contributed by atoms with Gasteiger partial charge in [-0.1, -0.05) is 18.2 Å². The molecule has 4 aromatic rings. The number of carbonyl (C=O) groups excluding carboxylic acids is 1. The molecule has 9 heteroatoms. The Morgan fingerprint density at radius 2 is 1.83 bits per heavy atom. The smallest absolute Gasteiger partial charge is 0.265 e. The topological polar surface area (TPSA) is 109 Å². The Bertz CT molecular complexity index is 1380. The molecule has 30 heavy (non-hydrogen) atoms. The molecule has 2 aromatic carbocycles. The van der Waals surface area contributed by atoms with Crippen molar-refractivity contribution in [2.45, 2.75) is 4.90 Å². The number of hydrogen-bond acceptors (Lipinski definition) is 6. The van der Waals surface area contributed by atoms with Gasteiger partial charge in [0.1, 0.15) is 5.82 Å². The van der Waals surface area contributed by atoms with Gasteiger partial charge in [-0.15, -0.1) is 11.3 Å². The molecule has 1 atom stereocenters. The second kappa shape index (κ2) is 7.51. The van der Waals surface area contributed by atoms with Gasteiger partial charge >= 0.3 is 0 Å². The minimum absolute atomic E-state index is 0.319. The number of thiophene rings is 1. The summed E-state index contributed by atoms with van der Waals surface area (Å²) < 4.78 is 33.5. The molecular weight excluding hydrogens is 423 g/mol. The monoisotopic (exact) mass is 440 g/mol. The Morgan fingerprint density at radius 3 is 2.53 bits per heavy atom. The third-order valence-corrected chi connectivity index (χ3v) is 6.69. The first-order chi connectivity index (χ1) is 14.2. The van der Waals surface area contributed by atoms with E-state index in [1.165, 1.54) is 35.9 Å². The number of halogens is 1. The zero-order chi connectivity index (χ0) is 21.5. The first-order valence-corrected chi connectivity index (χ1v) is 11.6. The van der Waals surface area contributed by atoms with E-state index in [-0.39, 0.29) is 11.7 Å². The van der Waals surface area contributed by atoms with Crippen molar-refractivity contribution in [1.82, 2.24) is 4.98 Å². The zero-order valence-electron chi connectivity index (χ0n) is 15.8. The van der Waals surface area contributed by atoms with Crippen LogP contribution in [0.2, 0.25) is 0 Å². The van der Waals surface area contributed by atoms with Crippen LogP contribution in [0.4, 0.5) is 15.8 Å². The van der Waals surface area contributed by atoms with E-state index in [4.69, 9.17) is 10.5 Å². The second-order valence-corrected chi connectivity index (χ2v) is 10.0. The molecule has 0 fully saturated rings. The molecule has 0 bridgehead atoms. The highest BCUT2D eigenvalue weighted by Crippen LogP contribution is 2.30. The lowest BCUT2D eigenvalue weighted by molar-refractivity contribution is 0.103. The van der Waals surface area contributed by atoms with E-state index in [1.54, 1.807) is 42.5 Å². The summed E-state index contributed by atoms with van der Waals surface area (Å²) in [6, 6.07) is 14.5. The molecule has 0 aliphatic heterocycles. The van der Waals surface area contributed by atoms with E-state index in [1.807, 2.05) is 0 Å². The lowest BCUT2D eigenvalue weighted by Crippen LogP contribution is -2.11. The molecule has 0 spiro atoms. The first-order valence-electron chi connectivity index (χ1n) is 8.81. The van der Waals surface area contributed by atoms with E-state index in [9.17, 15) is 13.4 Å². The van der Waals surface area contributed by atoms with Crippen molar-refractivity contribution in [3.63, 3.8) is 0 Å². The van der Waals surface area contributed by atoms with Crippen molar-refractivity contribution < 1.29 is 13.4 Å². The van der Waals surface area contributed by atoms with Gasteiger partial charge in [0.05, 0.1) is 41.1 Å². The second-order valence-electron chi connectivity index (χ2n) is 6.77. The highest BCUT2D eigenvalue weighted by molar-refractivity contribution is 7.91. The molecule has 6 nitrogen and oxygen atoms in total. The molecule has 4 rings (SSSR count). The summed E-state index contributed by atoms with van der Waals surface area (Å²) in [6.07, 6.45) is 2.73. The number of aromatic nitrogens is 1. The van der Waals surface area contributed by atoms with Crippen molar-refractivity contribution in [3.05, 3.63) is 71.5 Å². The van der Waals surface area contributed by atoms with Crippen LogP contribution < -0.4 is 11.1 Å². The van der Waals surface area contributed by atoms with Crippen LogP contribution in [0.5, 0.6) is 0 Å². The molecule has 1 amide bonds. The normalized spacial score (nSPS) is 13.1. The fourth-order valence-electron chi connectivity index (χ4n) is 2.89. The largest absolute Gasteiger partial charge is 0.397 e. The third-order valence-electron chi connectivity index (χ3n) is 4.50. The van der Waals surface area contributed by atoms with E-state index in [2.05, 4.69) is 10.3 Å². The quantitative estimate of drug-likeness (QED) is 0.389. The van der Waals surface area contributed by atoms with Gasteiger partial charge < -0.3 is 11.1 Å². The number of nitrogen functional groups attached to an aromatic ring is 1. The minimum atomic E-state index is -2.89. The fraction of sp³-hybridized carbons (Fsp3) is 0.0476. The lowest BCUT2D eigenvalue weighted by atomic mass is 10.0. The highest BCUT2D eigenvalue weighted by atomic mass is 32.2. The molecule has 1 unspecified atom stereocenters. The lowest BCUT2D eigenvalue weighted by Gasteiger charge is -2.10. The van der Waals surface area contributed by atoms with Crippen LogP contribution in [-0.2, 0) is 9.73 Å². The molecule has 4 N–H and O–H groups in total. The number of anilines is 2. The Balaban J connectivity index is 1.63. The Morgan fingerprint density at radius 1 is 1.13 bits per heavy atom. The Labute approximate surface area is 176 Å². The SMILES string of the molecule is CS(=N)(=O)c1cnc2cc(C(=O)Nc3cc(-c4ccc(F)cc4)ccc3N)sc2c1. The minimum Gasteiger partial charge on any atom is -0.397 e. The number of pyridine rings is 1. The highest BCUT2D eigenvalue weighted by Gasteiger charge is 2.15. The van der Waals surface area contributed by atoms with Crippen LogP contribution in [0.25, 0.3) is 21.3 Å². The van der Waals surface area contributed by atoms with Gasteiger partial charge in [0, 0.05) is 12.5 Å². The molecule has 2 aromatic heterocycles. The van der Waals surface area contributed by atoms with Crippen LogP contribution in [0.1, 0.15) is 9.67 Å². The number of rotatable bonds is 4. The van der Waals surface area contributed by atoms with Crippen molar-refractivity contribution in [1.29, 1.82) is 4.78 Å². The number of carbonyl (C=O) groups is 1.